The van der Waals surface area contributed by atoms with E-state index >= 15 is 0 Å². The molecule has 0 saturated heterocycles. The molecule has 0 atom stereocenters. The molecule has 0 radical (unpaired) electrons. The Morgan fingerprint density at radius 1 is 1.12 bits per heavy atom. The van der Waals surface area contributed by atoms with E-state index in [1.54, 1.807) is 0 Å². The standard InChI is InChI=1S/C14H22N2O/c1-13(2,3)9-7-10-12(15-8-17-10)16-11(9)14(4,5)6/h7H,8H2,1-6H3,(H,15,16). The molecule has 3 heteroatoms. The Kier molecular flexibility index (Phi) is 2.60. The Hall–Kier alpha value is -1.25. The molecule has 17 heavy (non-hydrogen) atoms. The van der Waals surface area contributed by atoms with Crippen LogP contribution in [0.2, 0.25) is 0 Å². The van der Waals surface area contributed by atoms with Gasteiger partial charge in [-0.15, -0.1) is 0 Å². The molecular formula is C14H22N2O. The largest absolute Gasteiger partial charge is 0.469 e. The van der Waals surface area contributed by atoms with Crippen LogP contribution >= 0.6 is 0 Å². The van der Waals surface area contributed by atoms with E-state index < -0.39 is 0 Å². The maximum atomic E-state index is 5.53. The minimum absolute atomic E-state index is 0.0436. The Morgan fingerprint density at radius 3 is 2.29 bits per heavy atom. The summed E-state index contributed by atoms with van der Waals surface area (Å²) in [7, 11) is 0. The Labute approximate surface area is 104 Å². The highest BCUT2D eigenvalue weighted by Gasteiger charge is 2.29. The van der Waals surface area contributed by atoms with Crippen LogP contribution in [0.25, 0.3) is 0 Å². The first-order valence-electron chi connectivity index (χ1n) is 6.12. The summed E-state index contributed by atoms with van der Waals surface area (Å²) in [6, 6.07) is 2.14. The topological polar surface area (TPSA) is 34.2 Å². The van der Waals surface area contributed by atoms with Gasteiger partial charge in [0, 0.05) is 5.41 Å². The third-order valence-electron chi connectivity index (χ3n) is 2.97. The second-order valence-electron chi connectivity index (χ2n) is 6.70. The number of nitrogens with zero attached hydrogens (tertiary/aromatic N) is 1. The van der Waals surface area contributed by atoms with Crippen molar-refractivity contribution >= 4 is 5.82 Å². The van der Waals surface area contributed by atoms with E-state index in [1.165, 1.54) is 5.56 Å². The molecule has 94 valence electrons. The van der Waals surface area contributed by atoms with Gasteiger partial charge in [0.25, 0.3) is 0 Å². The average Bonchev–Trinajstić information content (AvgIpc) is 2.59. The molecule has 0 bridgehead atoms. The fourth-order valence-electron chi connectivity index (χ4n) is 2.06. The first-order valence-corrected chi connectivity index (χ1v) is 6.12. The molecule has 0 fully saturated rings. The minimum atomic E-state index is 0.0436. The third-order valence-corrected chi connectivity index (χ3v) is 2.97. The molecule has 1 N–H and O–H groups in total. The van der Waals surface area contributed by atoms with E-state index in [2.05, 4.69) is 52.9 Å². The number of hydrogen-bond acceptors (Lipinski definition) is 3. The number of aromatic nitrogens is 1. The molecular weight excluding hydrogens is 212 g/mol. The van der Waals surface area contributed by atoms with E-state index in [4.69, 9.17) is 9.72 Å². The number of rotatable bonds is 0. The normalized spacial score (nSPS) is 15.2. The zero-order chi connectivity index (χ0) is 12.8. The molecule has 0 amide bonds. The molecule has 1 aliphatic heterocycles. The summed E-state index contributed by atoms with van der Waals surface area (Å²) in [6.07, 6.45) is 0. The molecule has 0 saturated carbocycles. The van der Waals surface area contributed by atoms with Crippen LogP contribution in [0, 0.1) is 0 Å². The van der Waals surface area contributed by atoms with Crippen LogP contribution in [0.4, 0.5) is 5.82 Å². The summed E-state index contributed by atoms with van der Waals surface area (Å²) >= 11 is 0. The van der Waals surface area contributed by atoms with Crippen molar-refractivity contribution in [2.75, 3.05) is 12.0 Å². The zero-order valence-electron chi connectivity index (χ0n) is 11.6. The first-order chi connectivity index (χ1) is 7.69. The van der Waals surface area contributed by atoms with Crippen molar-refractivity contribution in [1.82, 2.24) is 4.98 Å². The number of fused-ring (bicyclic) bond motifs is 1. The lowest BCUT2D eigenvalue weighted by atomic mass is 9.78. The number of ether oxygens (including phenoxy) is 1. The van der Waals surface area contributed by atoms with Crippen LogP contribution in [0.3, 0.4) is 0 Å². The highest BCUT2D eigenvalue weighted by atomic mass is 16.5. The monoisotopic (exact) mass is 234 g/mol. The lowest BCUT2D eigenvalue weighted by molar-refractivity contribution is 0.370. The van der Waals surface area contributed by atoms with Gasteiger partial charge in [-0.2, -0.15) is 0 Å². The van der Waals surface area contributed by atoms with Gasteiger partial charge in [-0.3, -0.25) is 0 Å². The van der Waals surface area contributed by atoms with Gasteiger partial charge in [-0.25, -0.2) is 4.98 Å². The highest BCUT2D eigenvalue weighted by Crippen LogP contribution is 2.39. The number of hydrogen-bond donors (Lipinski definition) is 1. The highest BCUT2D eigenvalue weighted by molar-refractivity contribution is 5.57. The molecule has 2 rings (SSSR count). The van der Waals surface area contributed by atoms with Crippen molar-refractivity contribution in [2.45, 2.75) is 52.4 Å². The quantitative estimate of drug-likeness (QED) is 0.746. The van der Waals surface area contributed by atoms with Gasteiger partial charge in [0.2, 0.25) is 0 Å². The fourth-order valence-corrected chi connectivity index (χ4v) is 2.06. The average molecular weight is 234 g/mol. The van der Waals surface area contributed by atoms with Crippen LogP contribution in [0.1, 0.15) is 52.8 Å². The van der Waals surface area contributed by atoms with E-state index in [1.807, 2.05) is 0 Å². The Balaban J connectivity index is 2.64. The van der Waals surface area contributed by atoms with Crippen molar-refractivity contribution in [3.05, 3.63) is 17.3 Å². The molecule has 3 nitrogen and oxygen atoms in total. The van der Waals surface area contributed by atoms with E-state index in [-0.39, 0.29) is 10.8 Å². The Bertz CT molecular complexity index is 398. The van der Waals surface area contributed by atoms with E-state index in [9.17, 15) is 0 Å². The number of pyridine rings is 1. The predicted molar refractivity (Wildman–Crippen MR) is 70.8 cm³/mol. The third kappa shape index (κ3) is 2.24. The maximum absolute atomic E-state index is 5.53. The molecule has 0 aromatic carbocycles. The summed E-state index contributed by atoms with van der Waals surface area (Å²) in [5.41, 5.74) is 2.55. The molecule has 1 aromatic heterocycles. The SMILES string of the molecule is CC(C)(C)c1cc2c(nc1C(C)(C)C)NCO2. The van der Waals surface area contributed by atoms with Gasteiger partial charge in [0.15, 0.2) is 18.3 Å². The Morgan fingerprint density at radius 2 is 1.76 bits per heavy atom. The van der Waals surface area contributed by atoms with Crippen molar-refractivity contribution < 1.29 is 4.74 Å². The lowest BCUT2D eigenvalue weighted by Crippen LogP contribution is -2.23. The first kappa shape index (κ1) is 12.2. The second kappa shape index (κ2) is 3.62. The van der Waals surface area contributed by atoms with Gasteiger partial charge >= 0.3 is 0 Å². The van der Waals surface area contributed by atoms with Crippen LogP contribution in [0.5, 0.6) is 5.75 Å². The number of anilines is 1. The summed E-state index contributed by atoms with van der Waals surface area (Å²) in [5.74, 6) is 1.76. The number of nitrogens with one attached hydrogen (secondary N) is 1. The summed E-state index contributed by atoms with van der Waals surface area (Å²) in [6.45, 7) is 13.8. The van der Waals surface area contributed by atoms with Crippen molar-refractivity contribution in [2.24, 2.45) is 0 Å². The summed E-state index contributed by atoms with van der Waals surface area (Å²) in [4.78, 5) is 4.75. The molecule has 0 spiro atoms. The minimum Gasteiger partial charge on any atom is -0.469 e. The molecule has 0 unspecified atom stereocenters. The van der Waals surface area contributed by atoms with Gasteiger partial charge in [-0.05, 0) is 17.0 Å². The van der Waals surface area contributed by atoms with Gasteiger partial charge in [0.1, 0.15) is 0 Å². The lowest BCUT2D eigenvalue weighted by Gasteiger charge is -2.29. The van der Waals surface area contributed by atoms with Crippen LogP contribution in [-0.2, 0) is 10.8 Å². The molecule has 2 heterocycles. The van der Waals surface area contributed by atoms with Gasteiger partial charge < -0.3 is 10.1 Å². The summed E-state index contributed by atoms with van der Waals surface area (Å²) in [5, 5.41) is 3.16. The van der Waals surface area contributed by atoms with Crippen molar-refractivity contribution in [3.63, 3.8) is 0 Å². The molecule has 0 aliphatic carbocycles. The van der Waals surface area contributed by atoms with Gasteiger partial charge in [0.05, 0.1) is 5.69 Å². The van der Waals surface area contributed by atoms with E-state index in [0.29, 0.717) is 6.73 Å². The fraction of sp³-hybridized carbons (Fsp3) is 0.643. The van der Waals surface area contributed by atoms with Crippen molar-refractivity contribution in [3.8, 4) is 5.75 Å². The maximum Gasteiger partial charge on any atom is 0.171 e. The zero-order valence-corrected chi connectivity index (χ0v) is 11.6. The molecule has 1 aliphatic rings. The van der Waals surface area contributed by atoms with Crippen LogP contribution in [-0.4, -0.2) is 11.7 Å². The van der Waals surface area contributed by atoms with Crippen LogP contribution < -0.4 is 10.1 Å². The smallest absolute Gasteiger partial charge is 0.171 e. The predicted octanol–water partition coefficient (Wildman–Crippen LogP) is 3.44. The molecule has 1 aromatic rings. The summed E-state index contributed by atoms with van der Waals surface area (Å²) < 4.78 is 5.53. The van der Waals surface area contributed by atoms with Gasteiger partial charge in [-0.1, -0.05) is 41.5 Å². The van der Waals surface area contributed by atoms with Crippen LogP contribution in [0.15, 0.2) is 6.07 Å². The van der Waals surface area contributed by atoms with Crippen molar-refractivity contribution in [1.29, 1.82) is 0 Å². The second-order valence-corrected chi connectivity index (χ2v) is 6.70. The van der Waals surface area contributed by atoms with E-state index in [0.717, 1.165) is 17.3 Å².